The molecule has 0 aromatic carbocycles. The first-order valence-electron chi connectivity index (χ1n) is 5.95. The molecule has 0 saturated heterocycles. The number of hydrogen-bond acceptors (Lipinski definition) is 3. The van der Waals surface area contributed by atoms with Crippen LogP contribution in [-0.4, -0.2) is 24.5 Å². The molecule has 0 aromatic rings. The zero-order valence-corrected chi connectivity index (χ0v) is 9.54. The molecule has 1 fully saturated rings. The van der Waals surface area contributed by atoms with E-state index in [2.05, 4.69) is 5.32 Å². The van der Waals surface area contributed by atoms with Crippen LogP contribution in [0, 0.1) is 5.92 Å². The van der Waals surface area contributed by atoms with Gasteiger partial charge in [0.2, 0.25) is 5.91 Å². The Bertz CT molecular complexity index is 208. The van der Waals surface area contributed by atoms with Crippen molar-refractivity contribution < 1.29 is 4.79 Å². The normalized spacial score (nSPS) is 27.7. The van der Waals surface area contributed by atoms with Crippen LogP contribution < -0.4 is 16.8 Å². The number of amides is 1. The summed E-state index contributed by atoms with van der Waals surface area (Å²) in [5.74, 6) is 0.435. The molecule has 0 aliphatic heterocycles. The molecule has 1 aliphatic rings. The summed E-state index contributed by atoms with van der Waals surface area (Å²) in [5.41, 5.74) is 11.4. The SMILES string of the molecule is CCCC(N)C(=O)NC1CCCC1CN. The molecule has 3 atom stereocenters. The third-order valence-electron chi connectivity index (χ3n) is 3.23. The first-order valence-corrected chi connectivity index (χ1v) is 5.95. The monoisotopic (exact) mass is 213 g/mol. The zero-order chi connectivity index (χ0) is 11.3. The van der Waals surface area contributed by atoms with Gasteiger partial charge in [0.15, 0.2) is 0 Å². The Labute approximate surface area is 91.8 Å². The van der Waals surface area contributed by atoms with Crippen LogP contribution in [0.1, 0.15) is 39.0 Å². The highest BCUT2D eigenvalue weighted by Gasteiger charge is 2.28. The van der Waals surface area contributed by atoms with Crippen molar-refractivity contribution in [1.29, 1.82) is 0 Å². The van der Waals surface area contributed by atoms with Crippen LogP contribution >= 0.6 is 0 Å². The molecular weight excluding hydrogens is 190 g/mol. The number of rotatable bonds is 5. The molecule has 3 unspecified atom stereocenters. The smallest absolute Gasteiger partial charge is 0.237 e. The van der Waals surface area contributed by atoms with Gasteiger partial charge in [-0.05, 0) is 31.7 Å². The molecule has 4 nitrogen and oxygen atoms in total. The van der Waals surface area contributed by atoms with Crippen LogP contribution in [-0.2, 0) is 4.79 Å². The minimum absolute atomic E-state index is 0.0119. The second kappa shape index (κ2) is 6.08. The van der Waals surface area contributed by atoms with Crippen molar-refractivity contribution in [3.8, 4) is 0 Å². The van der Waals surface area contributed by atoms with Gasteiger partial charge in [-0.25, -0.2) is 0 Å². The summed E-state index contributed by atoms with van der Waals surface area (Å²) >= 11 is 0. The molecule has 0 bridgehead atoms. The van der Waals surface area contributed by atoms with E-state index in [1.165, 1.54) is 0 Å². The van der Waals surface area contributed by atoms with Gasteiger partial charge >= 0.3 is 0 Å². The maximum absolute atomic E-state index is 11.7. The lowest BCUT2D eigenvalue weighted by Gasteiger charge is -2.21. The Morgan fingerprint density at radius 1 is 1.53 bits per heavy atom. The van der Waals surface area contributed by atoms with Gasteiger partial charge in [-0.15, -0.1) is 0 Å². The molecule has 5 N–H and O–H groups in total. The van der Waals surface area contributed by atoms with Gasteiger partial charge in [-0.3, -0.25) is 4.79 Å². The molecule has 4 heteroatoms. The Morgan fingerprint density at radius 3 is 2.87 bits per heavy atom. The highest BCUT2D eigenvalue weighted by molar-refractivity contribution is 5.81. The van der Waals surface area contributed by atoms with Crippen LogP contribution in [0.2, 0.25) is 0 Å². The van der Waals surface area contributed by atoms with E-state index in [0.717, 1.165) is 32.1 Å². The average molecular weight is 213 g/mol. The van der Waals surface area contributed by atoms with Gasteiger partial charge < -0.3 is 16.8 Å². The second-order valence-electron chi connectivity index (χ2n) is 4.44. The topological polar surface area (TPSA) is 81.1 Å². The van der Waals surface area contributed by atoms with Gasteiger partial charge in [-0.1, -0.05) is 19.8 Å². The van der Waals surface area contributed by atoms with Crippen molar-refractivity contribution >= 4 is 5.91 Å². The largest absolute Gasteiger partial charge is 0.352 e. The molecule has 1 saturated carbocycles. The van der Waals surface area contributed by atoms with E-state index in [1.54, 1.807) is 0 Å². The molecular formula is C11H23N3O. The zero-order valence-electron chi connectivity index (χ0n) is 9.54. The molecule has 0 spiro atoms. The molecule has 1 amide bonds. The standard InChI is InChI=1S/C11H23N3O/c1-2-4-9(13)11(15)14-10-6-3-5-8(10)7-12/h8-10H,2-7,12-13H2,1H3,(H,14,15). The van der Waals surface area contributed by atoms with E-state index in [9.17, 15) is 4.79 Å². The fraction of sp³-hybridized carbons (Fsp3) is 0.909. The highest BCUT2D eigenvalue weighted by Crippen LogP contribution is 2.24. The van der Waals surface area contributed by atoms with Crippen molar-refractivity contribution in [1.82, 2.24) is 5.32 Å². The number of nitrogens with one attached hydrogen (secondary N) is 1. The highest BCUT2D eigenvalue weighted by atomic mass is 16.2. The van der Waals surface area contributed by atoms with Crippen molar-refractivity contribution in [2.75, 3.05) is 6.54 Å². The first kappa shape index (κ1) is 12.5. The van der Waals surface area contributed by atoms with Gasteiger partial charge in [0.1, 0.15) is 0 Å². The molecule has 1 aliphatic carbocycles. The summed E-state index contributed by atoms with van der Waals surface area (Å²) in [5, 5.41) is 3.02. The van der Waals surface area contributed by atoms with Gasteiger partial charge in [0.25, 0.3) is 0 Å². The van der Waals surface area contributed by atoms with Crippen molar-refractivity contribution in [3.05, 3.63) is 0 Å². The summed E-state index contributed by atoms with van der Waals surface area (Å²) in [6.07, 6.45) is 5.04. The van der Waals surface area contributed by atoms with E-state index in [4.69, 9.17) is 11.5 Å². The van der Waals surface area contributed by atoms with Crippen LogP contribution in [0.3, 0.4) is 0 Å². The third-order valence-corrected chi connectivity index (χ3v) is 3.23. The molecule has 1 rings (SSSR count). The summed E-state index contributed by atoms with van der Waals surface area (Å²) in [4.78, 5) is 11.7. The van der Waals surface area contributed by atoms with Gasteiger partial charge in [-0.2, -0.15) is 0 Å². The van der Waals surface area contributed by atoms with E-state index in [0.29, 0.717) is 12.5 Å². The quantitative estimate of drug-likeness (QED) is 0.616. The van der Waals surface area contributed by atoms with Crippen molar-refractivity contribution in [2.24, 2.45) is 17.4 Å². The number of carbonyl (C=O) groups is 1. The summed E-state index contributed by atoms with van der Waals surface area (Å²) < 4.78 is 0. The van der Waals surface area contributed by atoms with E-state index in [-0.39, 0.29) is 18.0 Å². The predicted molar refractivity (Wildman–Crippen MR) is 61.2 cm³/mol. The Balaban J connectivity index is 2.36. The van der Waals surface area contributed by atoms with Crippen LogP contribution in [0.25, 0.3) is 0 Å². The Hall–Kier alpha value is -0.610. The minimum Gasteiger partial charge on any atom is -0.352 e. The van der Waals surface area contributed by atoms with Crippen LogP contribution in [0.5, 0.6) is 0 Å². The summed E-state index contributed by atoms with van der Waals surface area (Å²) in [6.45, 7) is 2.69. The maximum Gasteiger partial charge on any atom is 0.237 e. The van der Waals surface area contributed by atoms with E-state index >= 15 is 0 Å². The van der Waals surface area contributed by atoms with E-state index in [1.807, 2.05) is 6.92 Å². The lowest BCUT2D eigenvalue weighted by atomic mass is 10.0. The maximum atomic E-state index is 11.7. The fourth-order valence-corrected chi connectivity index (χ4v) is 2.24. The Morgan fingerprint density at radius 2 is 2.27 bits per heavy atom. The third kappa shape index (κ3) is 3.47. The second-order valence-corrected chi connectivity index (χ2v) is 4.44. The molecule has 0 heterocycles. The lowest BCUT2D eigenvalue weighted by molar-refractivity contribution is -0.123. The first-order chi connectivity index (χ1) is 7.19. The number of carbonyl (C=O) groups excluding carboxylic acids is 1. The predicted octanol–water partition coefficient (Wildman–Crippen LogP) is 0.357. The summed E-state index contributed by atoms with van der Waals surface area (Å²) in [6, 6.07) is -0.0977. The van der Waals surface area contributed by atoms with Crippen molar-refractivity contribution in [2.45, 2.75) is 51.1 Å². The van der Waals surface area contributed by atoms with Gasteiger partial charge in [0, 0.05) is 6.04 Å². The number of hydrogen-bond donors (Lipinski definition) is 3. The minimum atomic E-state index is -0.353. The molecule has 88 valence electrons. The van der Waals surface area contributed by atoms with Gasteiger partial charge in [0.05, 0.1) is 6.04 Å². The number of nitrogens with two attached hydrogens (primary N) is 2. The Kier molecular flexibility index (Phi) is 5.05. The van der Waals surface area contributed by atoms with Crippen LogP contribution in [0.4, 0.5) is 0 Å². The van der Waals surface area contributed by atoms with Crippen molar-refractivity contribution in [3.63, 3.8) is 0 Å². The lowest BCUT2D eigenvalue weighted by Crippen LogP contribution is -2.47. The average Bonchev–Trinajstić information content (AvgIpc) is 2.65. The summed E-state index contributed by atoms with van der Waals surface area (Å²) in [7, 11) is 0. The molecule has 0 radical (unpaired) electrons. The van der Waals surface area contributed by atoms with E-state index < -0.39 is 0 Å². The fourth-order valence-electron chi connectivity index (χ4n) is 2.24. The molecule has 0 aromatic heterocycles. The molecule has 15 heavy (non-hydrogen) atoms. The van der Waals surface area contributed by atoms with Crippen LogP contribution in [0.15, 0.2) is 0 Å².